The lowest BCUT2D eigenvalue weighted by molar-refractivity contribution is -0.136. The lowest BCUT2D eigenvalue weighted by Gasteiger charge is -2.13. The maximum absolute atomic E-state index is 11.7. The van der Waals surface area contributed by atoms with E-state index in [-0.39, 0.29) is 18.5 Å². The average molecular weight is 263 g/mol. The van der Waals surface area contributed by atoms with Crippen LogP contribution in [0.3, 0.4) is 0 Å². The fourth-order valence-corrected chi connectivity index (χ4v) is 1.85. The number of hydrogen-bond donors (Lipinski definition) is 3. The Morgan fingerprint density at radius 1 is 1.47 bits per heavy atom. The van der Waals surface area contributed by atoms with E-state index in [2.05, 4.69) is 15.6 Å². The first-order valence-electron chi connectivity index (χ1n) is 6.29. The van der Waals surface area contributed by atoms with Gasteiger partial charge in [0.25, 0.3) is 0 Å². The number of pyridine rings is 1. The summed E-state index contributed by atoms with van der Waals surface area (Å²) < 4.78 is 0. The van der Waals surface area contributed by atoms with Gasteiger partial charge in [0.2, 0.25) is 0 Å². The number of aliphatic carboxylic acids is 1. The first-order valence-corrected chi connectivity index (χ1v) is 6.29. The Morgan fingerprint density at radius 3 is 2.74 bits per heavy atom. The molecule has 1 aliphatic rings. The minimum Gasteiger partial charge on any atom is -0.481 e. The Balaban J connectivity index is 1.84. The smallest absolute Gasteiger partial charge is 0.319 e. The molecule has 6 heteroatoms. The average Bonchev–Trinajstić information content (AvgIpc) is 3.14. The molecule has 0 spiro atoms. The van der Waals surface area contributed by atoms with Crippen LogP contribution in [0.25, 0.3) is 0 Å². The number of carbonyl (C=O) groups excluding carboxylic acids is 1. The fourth-order valence-electron chi connectivity index (χ4n) is 1.85. The van der Waals surface area contributed by atoms with E-state index >= 15 is 0 Å². The number of nitrogens with one attached hydrogen (secondary N) is 2. The third kappa shape index (κ3) is 4.24. The highest BCUT2D eigenvalue weighted by Crippen LogP contribution is 2.32. The van der Waals surface area contributed by atoms with Crippen LogP contribution in [0.15, 0.2) is 18.3 Å². The molecule has 2 rings (SSSR count). The van der Waals surface area contributed by atoms with Gasteiger partial charge in [-0.15, -0.1) is 0 Å². The molecule has 1 heterocycles. The Kier molecular flexibility index (Phi) is 3.99. The highest BCUT2D eigenvalue weighted by molar-refractivity contribution is 5.89. The van der Waals surface area contributed by atoms with Gasteiger partial charge in [-0.05, 0) is 37.8 Å². The van der Waals surface area contributed by atoms with E-state index in [0.29, 0.717) is 17.3 Å². The zero-order valence-electron chi connectivity index (χ0n) is 10.7. The van der Waals surface area contributed by atoms with E-state index in [0.717, 1.165) is 0 Å². The number of nitrogens with zero attached hydrogens (tertiary/aromatic N) is 1. The SMILES string of the molecule is CC(NC(=O)Nc1ccc(CC(=O)O)nc1)C1CC1. The van der Waals surface area contributed by atoms with Gasteiger partial charge in [0, 0.05) is 6.04 Å². The van der Waals surface area contributed by atoms with E-state index in [1.54, 1.807) is 12.1 Å². The largest absolute Gasteiger partial charge is 0.481 e. The van der Waals surface area contributed by atoms with E-state index < -0.39 is 5.97 Å². The molecule has 3 N–H and O–H groups in total. The van der Waals surface area contributed by atoms with Crippen LogP contribution >= 0.6 is 0 Å². The molecule has 102 valence electrons. The van der Waals surface area contributed by atoms with Gasteiger partial charge in [-0.3, -0.25) is 9.78 Å². The molecule has 2 amide bonds. The molecular formula is C13H17N3O3. The van der Waals surface area contributed by atoms with Gasteiger partial charge in [-0.1, -0.05) is 0 Å². The van der Waals surface area contributed by atoms with Crippen LogP contribution in [-0.2, 0) is 11.2 Å². The highest BCUT2D eigenvalue weighted by atomic mass is 16.4. The summed E-state index contributed by atoms with van der Waals surface area (Å²) in [6.07, 6.45) is 3.69. The van der Waals surface area contributed by atoms with Crippen LogP contribution in [0.5, 0.6) is 0 Å². The summed E-state index contributed by atoms with van der Waals surface area (Å²) >= 11 is 0. The topological polar surface area (TPSA) is 91.3 Å². The third-order valence-electron chi connectivity index (χ3n) is 3.10. The molecule has 1 aromatic rings. The van der Waals surface area contributed by atoms with Crippen LogP contribution in [0.4, 0.5) is 10.5 Å². The zero-order valence-corrected chi connectivity index (χ0v) is 10.7. The minimum atomic E-state index is -0.927. The summed E-state index contributed by atoms with van der Waals surface area (Å²) in [5, 5.41) is 14.2. The van der Waals surface area contributed by atoms with Crippen LogP contribution in [0.1, 0.15) is 25.5 Å². The Labute approximate surface area is 111 Å². The van der Waals surface area contributed by atoms with E-state index in [9.17, 15) is 9.59 Å². The molecule has 0 bridgehead atoms. The first kappa shape index (κ1) is 13.3. The lowest BCUT2D eigenvalue weighted by Crippen LogP contribution is -2.37. The first-order chi connectivity index (χ1) is 9.04. The van der Waals surface area contributed by atoms with Gasteiger partial charge in [-0.2, -0.15) is 0 Å². The van der Waals surface area contributed by atoms with Crippen molar-refractivity contribution < 1.29 is 14.7 Å². The van der Waals surface area contributed by atoms with Crippen molar-refractivity contribution in [1.82, 2.24) is 10.3 Å². The second-order valence-corrected chi connectivity index (χ2v) is 4.83. The van der Waals surface area contributed by atoms with E-state index in [4.69, 9.17) is 5.11 Å². The molecule has 1 atom stereocenters. The minimum absolute atomic E-state index is 0.120. The predicted octanol–water partition coefficient (Wildman–Crippen LogP) is 1.63. The van der Waals surface area contributed by atoms with Crippen molar-refractivity contribution in [3.8, 4) is 0 Å². The van der Waals surface area contributed by atoms with Gasteiger partial charge in [0.1, 0.15) is 0 Å². The molecule has 0 aromatic carbocycles. The van der Waals surface area contributed by atoms with Gasteiger partial charge in [0.15, 0.2) is 0 Å². The van der Waals surface area contributed by atoms with Crippen molar-refractivity contribution in [2.45, 2.75) is 32.2 Å². The molecule has 0 saturated heterocycles. The maximum Gasteiger partial charge on any atom is 0.319 e. The summed E-state index contributed by atoms with van der Waals surface area (Å²) in [4.78, 5) is 26.2. The quantitative estimate of drug-likeness (QED) is 0.753. The number of carboxylic acid groups (broad SMARTS) is 1. The summed E-state index contributed by atoms with van der Waals surface area (Å²) in [6.45, 7) is 1.99. The molecule has 6 nitrogen and oxygen atoms in total. The van der Waals surface area contributed by atoms with Gasteiger partial charge < -0.3 is 15.7 Å². The number of carbonyl (C=O) groups is 2. The molecule has 1 saturated carbocycles. The molecule has 1 aromatic heterocycles. The summed E-state index contributed by atoms with van der Waals surface area (Å²) in [5.74, 6) is -0.328. The number of anilines is 1. The number of hydrogen-bond acceptors (Lipinski definition) is 3. The molecule has 0 aliphatic heterocycles. The highest BCUT2D eigenvalue weighted by Gasteiger charge is 2.28. The van der Waals surface area contributed by atoms with Crippen LogP contribution < -0.4 is 10.6 Å². The van der Waals surface area contributed by atoms with Crippen LogP contribution in [0.2, 0.25) is 0 Å². The Hall–Kier alpha value is -2.11. The molecule has 1 fully saturated rings. The fraction of sp³-hybridized carbons (Fsp3) is 0.462. The second kappa shape index (κ2) is 5.69. The number of urea groups is 1. The molecule has 0 radical (unpaired) electrons. The van der Waals surface area contributed by atoms with Crippen molar-refractivity contribution in [3.63, 3.8) is 0 Å². The van der Waals surface area contributed by atoms with Crippen LogP contribution in [0, 0.1) is 5.92 Å². The van der Waals surface area contributed by atoms with Crippen molar-refractivity contribution >= 4 is 17.7 Å². The number of carboxylic acids is 1. The number of rotatable bonds is 5. The molecule has 1 aliphatic carbocycles. The van der Waals surface area contributed by atoms with E-state index in [1.165, 1.54) is 19.0 Å². The molecule has 19 heavy (non-hydrogen) atoms. The van der Waals surface area contributed by atoms with Crippen molar-refractivity contribution in [1.29, 1.82) is 0 Å². The van der Waals surface area contributed by atoms with Gasteiger partial charge >= 0.3 is 12.0 Å². The molecular weight excluding hydrogens is 246 g/mol. The summed E-state index contributed by atoms with van der Waals surface area (Å²) in [5.41, 5.74) is 1.01. The normalized spacial score (nSPS) is 15.6. The Bertz CT molecular complexity index is 469. The number of aromatic nitrogens is 1. The van der Waals surface area contributed by atoms with Gasteiger partial charge in [0.05, 0.1) is 24.0 Å². The van der Waals surface area contributed by atoms with Crippen molar-refractivity contribution in [3.05, 3.63) is 24.0 Å². The summed E-state index contributed by atoms with van der Waals surface area (Å²) in [7, 11) is 0. The predicted molar refractivity (Wildman–Crippen MR) is 69.9 cm³/mol. The van der Waals surface area contributed by atoms with Crippen molar-refractivity contribution in [2.75, 3.05) is 5.32 Å². The van der Waals surface area contributed by atoms with Crippen LogP contribution in [-0.4, -0.2) is 28.1 Å². The zero-order chi connectivity index (χ0) is 13.8. The monoisotopic (exact) mass is 263 g/mol. The van der Waals surface area contributed by atoms with E-state index in [1.807, 2.05) is 6.92 Å². The van der Waals surface area contributed by atoms with Crippen molar-refractivity contribution in [2.24, 2.45) is 5.92 Å². The third-order valence-corrected chi connectivity index (χ3v) is 3.10. The Morgan fingerprint density at radius 2 is 2.21 bits per heavy atom. The second-order valence-electron chi connectivity index (χ2n) is 4.83. The summed E-state index contributed by atoms with van der Waals surface area (Å²) in [6, 6.07) is 3.16. The standard InChI is InChI=1S/C13H17N3O3/c1-8(9-2-3-9)15-13(19)16-11-5-4-10(14-7-11)6-12(17)18/h4-5,7-9H,2-3,6H2,1H3,(H,17,18)(H2,15,16,19). The van der Waals surface area contributed by atoms with Gasteiger partial charge in [-0.25, -0.2) is 4.79 Å². The maximum atomic E-state index is 11.7. The molecule has 1 unspecified atom stereocenters. The lowest BCUT2D eigenvalue weighted by atomic mass is 10.2. The number of amides is 2.